The monoisotopic (exact) mass is 257 g/mol. The Morgan fingerprint density at radius 2 is 1.94 bits per heavy atom. The zero-order valence-electron chi connectivity index (χ0n) is 11.1. The van der Waals surface area contributed by atoms with Gasteiger partial charge < -0.3 is 15.6 Å². The van der Waals surface area contributed by atoms with Gasteiger partial charge in [-0.2, -0.15) is 0 Å². The summed E-state index contributed by atoms with van der Waals surface area (Å²) in [4.78, 5) is 22.0. The maximum Gasteiger partial charge on any atom is 0.320 e. The molecule has 0 aliphatic heterocycles. The minimum absolute atomic E-state index is 0.00780. The number of hydrogen-bond acceptors (Lipinski definition) is 4. The van der Waals surface area contributed by atoms with Crippen LogP contribution < -0.4 is 5.73 Å². The molecule has 0 radical (unpaired) electrons. The van der Waals surface area contributed by atoms with Crippen LogP contribution in [-0.4, -0.2) is 29.2 Å². The van der Waals surface area contributed by atoms with Crippen molar-refractivity contribution in [3.8, 4) is 0 Å². The molecule has 1 fully saturated rings. The third-order valence-corrected chi connectivity index (χ3v) is 3.56. The van der Waals surface area contributed by atoms with Crippen molar-refractivity contribution in [2.75, 3.05) is 0 Å². The molecular formula is C13H23NO4. The van der Waals surface area contributed by atoms with Crippen LogP contribution in [0.25, 0.3) is 0 Å². The van der Waals surface area contributed by atoms with Gasteiger partial charge in [-0.3, -0.25) is 9.59 Å². The molecule has 0 amide bonds. The SMILES string of the molecule is CC1(C)CCC(OC(=O)CC[C@H](N)C(=O)O)CC1. The average Bonchev–Trinajstić information content (AvgIpc) is 2.28. The van der Waals surface area contributed by atoms with Crippen molar-refractivity contribution in [2.45, 2.75) is 64.5 Å². The highest BCUT2D eigenvalue weighted by Crippen LogP contribution is 2.36. The van der Waals surface area contributed by atoms with Gasteiger partial charge >= 0.3 is 11.9 Å². The summed E-state index contributed by atoms with van der Waals surface area (Å²) in [6, 6.07) is -0.983. The highest BCUT2D eigenvalue weighted by atomic mass is 16.5. The molecule has 1 saturated carbocycles. The largest absolute Gasteiger partial charge is 0.480 e. The van der Waals surface area contributed by atoms with Crippen molar-refractivity contribution >= 4 is 11.9 Å². The number of carboxylic acid groups (broad SMARTS) is 1. The van der Waals surface area contributed by atoms with Gasteiger partial charge in [-0.25, -0.2) is 0 Å². The Kier molecular flexibility index (Phi) is 5.14. The van der Waals surface area contributed by atoms with Crippen LogP contribution >= 0.6 is 0 Å². The molecule has 5 nitrogen and oxygen atoms in total. The molecule has 104 valence electrons. The van der Waals surface area contributed by atoms with Crippen molar-refractivity contribution < 1.29 is 19.4 Å². The maximum atomic E-state index is 11.5. The summed E-state index contributed by atoms with van der Waals surface area (Å²) in [5.74, 6) is -1.42. The van der Waals surface area contributed by atoms with Gasteiger partial charge in [0.25, 0.3) is 0 Å². The first-order valence-electron chi connectivity index (χ1n) is 6.48. The number of esters is 1. The van der Waals surface area contributed by atoms with Crippen molar-refractivity contribution in [3.05, 3.63) is 0 Å². The molecule has 0 bridgehead atoms. The summed E-state index contributed by atoms with van der Waals surface area (Å²) >= 11 is 0. The Morgan fingerprint density at radius 1 is 1.39 bits per heavy atom. The van der Waals surface area contributed by atoms with E-state index < -0.39 is 12.0 Å². The van der Waals surface area contributed by atoms with Crippen molar-refractivity contribution in [3.63, 3.8) is 0 Å². The van der Waals surface area contributed by atoms with E-state index in [-0.39, 0.29) is 24.9 Å². The zero-order valence-corrected chi connectivity index (χ0v) is 11.1. The van der Waals surface area contributed by atoms with Crippen LogP contribution in [0.1, 0.15) is 52.4 Å². The van der Waals surface area contributed by atoms with Gasteiger partial charge in [-0.1, -0.05) is 13.8 Å². The highest BCUT2D eigenvalue weighted by Gasteiger charge is 2.28. The van der Waals surface area contributed by atoms with Crippen LogP contribution in [0.5, 0.6) is 0 Å². The summed E-state index contributed by atoms with van der Waals surface area (Å²) in [5.41, 5.74) is 5.67. The Labute approximate surface area is 108 Å². The minimum Gasteiger partial charge on any atom is -0.480 e. The standard InChI is InChI=1S/C13H23NO4/c1-13(2)7-5-9(6-8-13)18-11(15)4-3-10(14)12(16)17/h9-10H,3-8,14H2,1-2H3,(H,16,17)/t10-/m0/s1. The van der Waals surface area contributed by atoms with Gasteiger partial charge in [-0.05, 0) is 37.5 Å². The lowest BCUT2D eigenvalue weighted by atomic mass is 9.76. The summed E-state index contributed by atoms with van der Waals surface area (Å²) in [6.07, 6.45) is 4.10. The molecule has 5 heteroatoms. The Hall–Kier alpha value is -1.10. The van der Waals surface area contributed by atoms with E-state index in [1.54, 1.807) is 0 Å². The molecule has 0 aromatic rings. The van der Waals surface area contributed by atoms with E-state index in [2.05, 4.69) is 13.8 Å². The number of ether oxygens (including phenoxy) is 1. The lowest BCUT2D eigenvalue weighted by Crippen LogP contribution is -2.32. The number of rotatable bonds is 5. The predicted octanol–water partition coefficient (Wildman–Crippen LogP) is 1.69. The molecule has 1 aliphatic rings. The topological polar surface area (TPSA) is 89.6 Å². The molecule has 3 N–H and O–H groups in total. The fourth-order valence-electron chi connectivity index (χ4n) is 2.13. The van der Waals surface area contributed by atoms with E-state index in [0.29, 0.717) is 5.41 Å². The van der Waals surface area contributed by atoms with E-state index >= 15 is 0 Å². The Balaban J connectivity index is 2.23. The van der Waals surface area contributed by atoms with Crippen LogP contribution in [0.4, 0.5) is 0 Å². The molecule has 1 aliphatic carbocycles. The summed E-state index contributed by atoms with van der Waals surface area (Å²) < 4.78 is 5.33. The van der Waals surface area contributed by atoms with E-state index in [0.717, 1.165) is 25.7 Å². The van der Waals surface area contributed by atoms with E-state index in [1.807, 2.05) is 0 Å². The minimum atomic E-state index is -1.08. The maximum absolute atomic E-state index is 11.5. The average molecular weight is 257 g/mol. The molecule has 0 spiro atoms. The molecule has 0 saturated heterocycles. The van der Waals surface area contributed by atoms with Crippen LogP contribution in [0.2, 0.25) is 0 Å². The van der Waals surface area contributed by atoms with E-state index in [1.165, 1.54) is 0 Å². The van der Waals surface area contributed by atoms with Gasteiger partial charge in [0.2, 0.25) is 0 Å². The van der Waals surface area contributed by atoms with Crippen molar-refractivity contribution in [1.82, 2.24) is 0 Å². The lowest BCUT2D eigenvalue weighted by molar-refractivity contribution is -0.152. The van der Waals surface area contributed by atoms with Crippen LogP contribution in [0, 0.1) is 5.41 Å². The summed E-state index contributed by atoms with van der Waals surface area (Å²) in [7, 11) is 0. The number of carbonyl (C=O) groups is 2. The van der Waals surface area contributed by atoms with Crippen molar-refractivity contribution in [1.29, 1.82) is 0 Å². The second-order valence-electron chi connectivity index (χ2n) is 5.84. The number of hydrogen-bond donors (Lipinski definition) is 2. The molecule has 0 aromatic carbocycles. The molecule has 0 heterocycles. The third kappa shape index (κ3) is 5.04. The predicted molar refractivity (Wildman–Crippen MR) is 67.0 cm³/mol. The van der Waals surface area contributed by atoms with Gasteiger partial charge in [0.15, 0.2) is 0 Å². The number of aliphatic carboxylic acids is 1. The van der Waals surface area contributed by atoms with Gasteiger partial charge in [-0.15, -0.1) is 0 Å². The molecular weight excluding hydrogens is 234 g/mol. The van der Waals surface area contributed by atoms with E-state index in [4.69, 9.17) is 15.6 Å². The van der Waals surface area contributed by atoms with Crippen LogP contribution in [0.15, 0.2) is 0 Å². The second kappa shape index (κ2) is 6.18. The fraction of sp³-hybridized carbons (Fsp3) is 0.846. The summed E-state index contributed by atoms with van der Waals surface area (Å²) in [6.45, 7) is 4.44. The molecule has 0 unspecified atom stereocenters. The molecule has 18 heavy (non-hydrogen) atoms. The molecule has 0 aromatic heterocycles. The zero-order chi connectivity index (χ0) is 13.8. The van der Waals surface area contributed by atoms with Gasteiger partial charge in [0.1, 0.15) is 12.1 Å². The van der Waals surface area contributed by atoms with Crippen LogP contribution in [-0.2, 0) is 14.3 Å². The van der Waals surface area contributed by atoms with Crippen LogP contribution in [0.3, 0.4) is 0 Å². The molecule has 1 rings (SSSR count). The highest BCUT2D eigenvalue weighted by molar-refractivity contribution is 5.75. The first-order valence-corrected chi connectivity index (χ1v) is 6.48. The number of carbonyl (C=O) groups excluding carboxylic acids is 1. The van der Waals surface area contributed by atoms with Gasteiger partial charge in [0, 0.05) is 6.42 Å². The van der Waals surface area contributed by atoms with E-state index in [9.17, 15) is 9.59 Å². The first-order chi connectivity index (χ1) is 8.30. The quantitative estimate of drug-likeness (QED) is 0.731. The van der Waals surface area contributed by atoms with Crippen molar-refractivity contribution in [2.24, 2.45) is 11.1 Å². The fourth-order valence-corrected chi connectivity index (χ4v) is 2.13. The smallest absolute Gasteiger partial charge is 0.320 e. The van der Waals surface area contributed by atoms with Gasteiger partial charge in [0.05, 0.1) is 0 Å². The molecule has 1 atom stereocenters. The third-order valence-electron chi connectivity index (χ3n) is 3.56. The first kappa shape index (κ1) is 15.0. The Bertz CT molecular complexity index is 304. The second-order valence-corrected chi connectivity index (χ2v) is 5.84. The number of carboxylic acids is 1. The summed E-state index contributed by atoms with van der Waals surface area (Å²) in [5, 5.41) is 8.60. The Morgan fingerprint density at radius 3 is 2.44 bits per heavy atom. The lowest BCUT2D eigenvalue weighted by Gasteiger charge is -2.33. The number of nitrogens with two attached hydrogens (primary N) is 1. The normalized spacial score (nSPS) is 21.3.